The van der Waals surface area contributed by atoms with E-state index in [9.17, 15) is 4.79 Å². The van der Waals surface area contributed by atoms with Gasteiger partial charge in [-0.1, -0.05) is 57.5 Å². The fourth-order valence-electron chi connectivity index (χ4n) is 3.22. The number of carbonyl (C=O) groups is 1. The number of nitrogens with one attached hydrogen (secondary N) is 1. The molecule has 9 heteroatoms. The summed E-state index contributed by atoms with van der Waals surface area (Å²) in [7, 11) is 0. The fraction of sp³-hybridized carbons (Fsp3) is 0.0909. The van der Waals surface area contributed by atoms with E-state index in [2.05, 4.69) is 67.7 Å². The van der Waals surface area contributed by atoms with E-state index in [1.54, 1.807) is 4.52 Å². The average molecular weight is 493 g/mol. The first-order valence-corrected chi connectivity index (χ1v) is 11.3. The Morgan fingerprint density at radius 1 is 1.06 bits per heavy atom. The summed E-state index contributed by atoms with van der Waals surface area (Å²) in [4.78, 5) is 12.3. The minimum absolute atomic E-state index is 0.101. The van der Waals surface area contributed by atoms with Crippen LogP contribution in [0, 0.1) is 6.92 Å². The van der Waals surface area contributed by atoms with Crippen molar-refractivity contribution in [3.05, 3.63) is 77.0 Å². The first kappa shape index (κ1) is 19.8. The molecule has 0 radical (unpaired) electrons. The van der Waals surface area contributed by atoms with Crippen LogP contribution in [0.15, 0.2) is 76.6 Å². The van der Waals surface area contributed by atoms with E-state index in [4.69, 9.17) is 0 Å². The van der Waals surface area contributed by atoms with E-state index in [1.165, 1.54) is 17.3 Å². The lowest BCUT2D eigenvalue weighted by molar-refractivity contribution is -0.113. The van der Waals surface area contributed by atoms with Crippen molar-refractivity contribution in [3.8, 4) is 11.3 Å². The molecule has 0 bridgehead atoms. The van der Waals surface area contributed by atoms with Crippen molar-refractivity contribution in [1.29, 1.82) is 0 Å². The van der Waals surface area contributed by atoms with Gasteiger partial charge in [0.05, 0.1) is 11.4 Å². The zero-order chi connectivity index (χ0) is 21.4. The van der Waals surface area contributed by atoms with Crippen LogP contribution in [0.4, 0.5) is 5.69 Å². The van der Waals surface area contributed by atoms with Gasteiger partial charge in [0.1, 0.15) is 5.52 Å². The van der Waals surface area contributed by atoms with Crippen LogP contribution in [0.2, 0.25) is 0 Å². The number of benzene rings is 2. The minimum Gasteiger partial charge on any atom is -0.325 e. The Labute approximate surface area is 190 Å². The molecule has 154 valence electrons. The number of aromatic nitrogens is 5. The van der Waals surface area contributed by atoms with Crippen LogP contribution < -0.4 is 5.32 Å². The van der Waals surface area contributed by atoms with Crippen molar-refractivity contribution in [2.45, 2.75) is 12.1 Å². The quantitative estimate of drug-likeness (QED) is 0.355. The topological polar surface area (TPSA) is 76.6 Å². The third-order valence-corrected chi connectivity index (χ3v) is 6.27. The number of nitrogens with zero attached hydrogens (tertiary/aromatic N) is 5. The SMILES string of the molecule is Cc1ccc(-c2cc3c4nnc(SCC(=O)Nc5ccc(Br)cc5)n4ccn3n2)cc1. The van der Waals surface area contributed by atoms with Gasteiger partial charge in [0.25, 0.3) is 0 Å². The van der Waals surface area contributed by atoms with Crippen LogP contribution in [0.25, 0.3) is 22.4 Å². The van der Waals surface area contributed by atoms with Crippen LogP contribution in [-0.4, -0.2) is 35.9 Å². The summed E-state index contributed by atoms with van der Waals surface area (Å²) < 4.78 is 4.65. The fourth-order valence-corrected chi connectivity index (χ4v) is 4.20. The molecule has 0 fully saturated rings. The molecule has 0 spiro atoms. The number of thioether (sulfide) groups is 1. The van der Waals surface area contributed by atoms with Crippen LogP contribution in [0.5, 0.6) is 0 Å². The van der Waals surface area contributed by atoms with Crippen LogP contribution >= 0.6 is 27.7 Å². The summed E-state index contributed by atoms with van der Waals surface area (Å²) in [5, 5.41) is 16.8. The molecule has 2 aromatic carbocycles. The molecule has 0 unspecified atom stereocenters. The zero-order valence-electron chi connectivity index (χ0n) is 16.5. The molecular weight excluding hydrogens is 476 g/mol. The Morgan fingerprint density at radius 2 is 1.84 bits per heavy atom. The van der Waals surface area contributed by atoms with Crippen molar-refractivity contribution < 1.29 is 4.79 Å². The van der Waals surface area contributed by atoms with E-state index in [-0.39, 0.29) is 11.7 Å². The van der Waals surface area contributed by atoms with Gasteiger partial charge in [-0.2, -0.15) is 5.10 Å². The van der Waals surface area contributed by atoms with Gasteiger partial charge in [0, 0.05) is 28.1 Å². The zero-order valence-corrected chi connectivity index (χ0v) is 18.9. The third-order valence-electron chi connectivity index (χ3n) is 4.79. The summed E-state index contributed by atoms with van der Waals surface area (Å²) in [6.07, 6.45) is 3.73. The number of aryl methyl sites for hydroxylation is 1. The van der Waals surface area contributed by atoms with Crippen LogP contribution in [0.3, 0.4) is 0 Å². The van der Waals surface area contributed by atoms with E-state index >= 15 is 0 Å². The van der Waals surface area contributed by atoms with Gasteiger partial charge < -0.3 is 5.32 Å². The Balaban J connectivity index is 1.36. The number of fused-ring (bicyclic) bond motifs is 3. The summed E-state index contributed by atoms with van der Waals surface area (Å²) in [6.45, 7) is 2.06. The number of anilines is 1. The summed E-state index contributed by atoms with van der Waals surface area (Å²) in [5.74, 6) is 0.131. The summed E-state index contributed by atoms with van der Waals surface area (Å²) in [5.41, 5.74) is 5.44. The predicted octanol–water partition coefficient (Wildman–Crippen LogP) is 4.85. The van der Waals surface area contributed by atoms with E-state index in [0.29, 0.717) is 10.8 Å². The second-order valence-electron chi connectivity index (χ2n) is 7.04. The summed E-state index contributed by atoms with van der Waals surface area (Å²) >= 11 is 4.72. The molecule has 0 aliphatic heterocycles. The van der Waals surface area contributed by atoms with E-state index in [0.717, 1.165) is 26.9 Å². The minimum atomic E-state index is -0.101. The number of halogens is 1. The highest BCUT2D eigenvalue weighted by atomic mass is 79.9. The largest absolute Gasteiger partial charge is 0.325 e. The van der Waals surface area contributed by atoms with Crippen LogP contribution in [-0.2, 0) is 4.79 Å². The van der Waals surface area contributed by atoms with Gasteiger partial charge >= 0.3 is 0 Å². The lowest BCUT2D eigenvalue weighted by Crippen LogP contribution is -2.14. The molecule has 5 rings (SSSR count). The first-order valence-electron chi connectivity index (χ1n) is 9.55. The summed E-state index contributed by atoms with van der Waals surface area (Å²) in [6, 6.07) is 17.7. The highest BCUT2D eigenvalue weighted by Gasteiger charge is 2.14. The maximum absolute atomic E-state index is 12.3. The molecule has 0 aliphatic carbocycles. The Kier molecular flexibility index (Phi) is 5.21. The molecule has 5 aromatic rings. The highest BCUT2D eigenvalue weighted by molar-refractivity contribution is 9.10. The van der Waals surface area contributed by atoms with Crippen molar-refractivity contribution >= 4 is 50.5 Å². The molecule has 7 nitrogen and oxygen atoms in total. The second-order valence-corrected chi connectivity index (χ2v) is 8.90. The highest BCUT2D eigenvalue weighted by Crippen LogP contribution is 2.24. The molecule has 0 saturated heterocycles. The molecule has 3 heterocycles. The van der Waals surface area contributed by atoms with Crippen molar-refractivity contribution in [3.63, 3.8) is 0 Å². The lowest BCUT2D eigenvalue weighted by Gasteiger charge is -2.04. The lowest BCUT2D eigenvalue weighted by atomic mass is 10.1. The number of carbonyl (C=O) groups excluding carboxylic acids is 1. The van der Waals surface area contributed by atoms with E-state index < -0.39 is 0 Å². The van der Waals surface area contributed by atoms with E-state index in [1.807, 2.05) is 47.1 Å². The Morgan fingerprint density at radius 3 is 2.61 bits per heavy atom. The van der Waals surface area contributed by atoms with Crippen LogP contribution in [0.1, 0.15) is 5.56 Å². The molecule has 0 atom stereocenters. The van der Waals surface area contributed by atoms with Crippen molar-refractivity contribution in [2.24, 2.45) is 0 Å². The predicted molar refractivity (Wildman–Crippen MR) is 125 cm³/mol. The second kappa shape index (κ2) is 8.16. The smallest absolute Gasteiger partial charge is 0.234 e. The monoisotopic (exact) mass is 492 g/mol. The molecule has 3 aromatic heterocycles. The van der Waals surface area contributed by atoms with Gasteiger partial charge in [-0.05, 0) is 37.3 Å². The Hall–Kier alpha value is -3.17. The third kappa shape index (κ3) is 4.06. The maximum Gasteiger partial charge on any atom is 0.234 e. The molecule has 0 saturated carbocycles. The van der Waals surface area contributed by atoms with Gasteiger partial charge in [-0.15, -0.1) is 10.2 Å². The first-order chi connectivity index (χ1) is 15.1. The van der Waals surface area contributed by atoms with Crippen molar-refractivity contribution in [2.75, 3.05) is 11.1 Å². The molecule has 31 heavy (non-hydrogen) atoms. The number of hydrogen-bond donors (Lipinski definition) is 1. The molecule has 1 N–H and O–H groups in total. The molecule has 0 aliphatic rings. The molecule has 1 amide bonds. The number of amides is 1. The Bertz CT molecular complexity index is 1390. The van der Waals surface area contributed by atoms with Gasteiger partial charge in [0.2, 0.25) is 5.91 Å². The average Bonchev–Trinajstić information content (AvgIpc) is 3.38. The van der Waals surface area contributed by atoms with Gasteiger partial charge in [-0.25, -0.2) is 4.52 Å². The number of rotatable bonds is 5. The maximum atomic E-state index is 12.3. The normalized spacial score (nSPS) is 11.3. The van der Waals surface area contributed by atoms with Crippen molar-refractivity contribution in [1.82, 2.24) is 24.2 Å². The molecular formula is C22H17BrN6OS. The van der Waals surface area contributed by atoms with Gasteiger partial charge in [0.15, 0.2) is 10.8 Å². The standard InChI is InChI=1S/C22H17BrN6OS/c1-14-2-4-15(5-3-14)18-12-19-21-25-26-22(28(21)10-11-29(19)27-18)31-13-20(30)24-17-8-6-16(23)7-9-17/h2-12H,13H2,1H3,(H,24,30). The number of hydrogen-bond acceptors (Lipinski definition) is 5. The van der Waals surface area contributed by atoms with Gasteiger partial charge in [-0.3, -0.25) is 9.20 Å².